The van der Waals surface area contributed by atoms with E-state index in [0.717, 1.165) is 44.9 Å². The van der Waals surface area contributed by atoms with E-state index in [1.54, 1.807) is 0 Å². The normalized spacial score (nSPS) is 40.7. The van der Waals surface area contributed by atoms with Crippen LogP contribution in [0.25, 0.3) is 0 Å². The number of nitrogens with two attached hydrogens (primary N) is 1. The minimum absolute atomic E-state index is 0.0612. The first kappa shape index (κ1) is 13.8. The molecule has 0 aromatic heterocycles. The molecular formula is C14H26N2O2. The lowest BCUT2D eigenvalue weighted by Crippen LogP contribution is -2.46. The molecule has 2 aliphatic carbocycles. The molecule has 4 heteroatoms. The van der Waals surface area contributed by atoms with E-state index in [1.165, 1.54) is 0 Å². The third kappa shape index (κ3) is 3.45. The van der Waals surface area contributed by atoms with Gasteiger partial charge in [0.25, 0.3) is 0 Å². The maximum Gasteiger partial charge on any atom is 0.223 e. The predicted molar refractivity (Wildman–Crippen MR) is 70.9 cm³/mol. The van der Waals surface area contributed by atoms with Gasteiger partial charge in [0.1, 0.15) is 0 Å². The highest BCUT2D eigenvalue weighted by atomic mass is 16.3. The molecule has 2 atom stereocenters. The number of amides is 1. The third-order valence-corrected chi connectivity index (χ3v) is 4.64. The van der Waals surface area contributed by atoms with Crippen molar-refractivity contribution >= 4 is 5.91 Å². The molecule has 0 aromatic carbocycles. The molecule has 4 N–H and O–H groups in total. The van der Waals surface area contributed by atoms with Crippen LogP contribution in [0.15, 0.2) is 0 Å². The Morgan fingerprint density at radius 2 is 2.00 bits per heavy atom. The summed E-state index contributed by atoms with van der Waals surface area (Å²) >= 11 is 0. The quantitative estimate of drug-likeness (QED) is 0.707. The average Bonchev–Trinajstić information content (AvgIpc) is 2.77. The molecule has 2 saturated carbocycles. The molecule has 0 saturated heterocycles. The van der Waals surface area contributed by atoms with E-state index in [0.29, 0.717) is 12.5 Å². The van der Waals surface area contributed by atoms with E-state index in [9.17, 15) is 9.90 Å². The summed E-state index contributed by atoms with van der Waals surface area (Å²) in [6.07, 6.45) is 6.35. The Labute approximate surface area is 109 Å². The number of carbonyl (C=O) groups excluding carboxylic acids is 1. The van der Waals surface area contributed by atoms with Crippen molar-refractivity contribution < 1.29 is 9.90 Å². The monoisotopic (exact) mass is 254 g/mol. The van der Waals surface area contributed by atoms with Gasteiger partial charge in [-0.25, -0.2) is 0 Å². The van der Waals surface area contributed by atoms with E-state index >= 15 is 0 Å². The molecule has 0 aliphatic heterocycles. The smallest absolute Gasteiger partial charge is 0.223 e. The SMILES string of the molecule is CC1CCC(O)(CNC(=O)C2CCC(N)C2)CC1. The summed E-state index contributed by atoms with van der Waals surface area (Å²) in [5, 5.41) is 13.3. The van der Waals surface area contributed by atoms with E-state index < -0.39 is 5.60 Å². The Bertz CT molecular complexity index is 298. The molecule has 2 rings (SSSR count). The lowest BCUT2D eigenvalue weighted by atomic mass is 9.79. The second-order valence-corrected chi connectivity index (χ2v) is 6.39. The van der Waals surface area contributed by atoms with Crippen molar-refractivity contribution in [2.75, 3.05) is 6.54 Å². The van der Waals surface area contributed by atoms with Crippen LogP contribution in [0.4, 0.5) is 0 Å². The summed E-state index contributed by atoms with van der Waals surface area (Å²) in [6, 6.07) is 0.180. The first-order valence-electron chi connectivity index (χ1n) is 7.24. The van der Waals surface area contributed by atoms with Crippen LogP contribution in [-0.2, 0) is 4.79 Å². The van der Waals surface area contributed by atoms with E-state index in [-0.39, 0.29) is 17.9 Å². The van der Waals surface area contributed by atoms with Gasteiger partial charge in [0, 0.05) is 18.5 Å². The molecule has 4 nitrogen and oxygen atoms in total. The Hall–Kier alpha value is -0.610. The predicted octanol–water partition coefficient (Wildman–Crippen LogP) is 1.17. The fourth-order valence-corrected chi connectivity index (χ4v) is 3.13. The molecule has 0 aromatic rings. The maximum atomic E-state index is 12.0. The van der Waals surface area contributed by atoms with Crippen LogP contribution in [0.2, 0.25) is 0 Å². The molecule has 1 amide bonds. The van der Waals surface area contributed by atoms with Gasteiger partial charge in [-0.3, -0.25) is 4.79 Å². The zero-order valence-corrected chi connectivity index (χ0v) is 11.3. The standard InChI is InChI=1S/C14H26N2O2/c1-10-4-6-14(18,7-5-10)9-16-13(17)11-2-3-12(15)8-11/h10-12,18H,2-9,15H2,1H3,(H,16,17). The van der Waals surface area contributed by atoms with E-state index in [1.807, 2.05) is 0 Å². The van der Waals surface area contributed by atoms with Gasteiger partial charge in [0.2, 0.25) is 5.91 Å². The van der Waals surface area contributed by atoms with E-state index in [2.05, 4.69) is 12.2 Å². The van der Waals surface area contributed by atoms with Crippen molar-refractivity contribution in [3.63, 3.8) is 0 Å². The second-order valence-electron chi connectivity index (χ2n) is 6.39. The molecule has 0 bridgehead atoms. The molecule has 104 valence electrons. The molecule has 2 unspecified atom stereocenters. The van der Waals surface area contributed by atoms with Crippen LogP contribution in [-0.4, -0.2) is 29.2 Å². The van der Waals surface area contributed by atoms with Gasteiger partial charge in [0.15, 0.2) is 0 Å². The fourth-order valence-electron chi connectivity index (χ4n) is 3.13. The molecular weight excluding hydrogens is 228 g/mol. The minimum atomic E-state index is -0.678. The first-order chi connectivity index (χ1) is 8.48. The molecule has 0 radical (unpaired) electrons. The minimum Gasteiger partial charge on any atom is -0.388 e. The van der Waals surface area contributed by atoms with Crippen LogP contribution < -0.4 is 11.1 Å². The van der Waals surface area contributed by atoms with Gasteiger partial charge >= 0.3 is 0 Å². The Morgan fingerprint density at radius 3 is 2.56 bits per heavy atom. The molecule has 18 heavy (non-hydrogen) atoms. The van der Waals surface area contributed by atoms with Gasteiger partial charge in [-0.15, -0.1) is 0 Å². The van der Waals surface area contributed by atoms with Gasteiger partial charge in [-0.1, -0.05) is 6.92 Å². The molecule has 0 heterocycles. The van der Waals surface area contributed by atoms with Crippen LogP contribution in [0.3, 0.4) is 0 Å². The maximum absolute atomic E-state index is 12.0. The number of aliphatic hydroxyl groups is 1. The van der Waals surface area contributed by atoms with Crippen molar-refractivity contribution in [3.8, 4) is 0 Å². The summed E-state index contributed by atoms with van der Waals surface area (Å²) in [5.74, 6) is 0.843. The summed E-state index contributed by atoms with van der Waals surface area (Å²) in [6.45, 7) is 2.63. The zero-order valence-electron chi connectivity index (χ0n) is 11.3. The van der Waals surface area contributed by atoms with Gasteiger partial charge in [-0.2, -0.15) is 0 Å². The summed E-state index contributed by atoms with van der Waals surface area (Å²) < 4.78 is 0. The van der Waals surface area contributed by atoms with Crippen molar-refractivity contribution in [1.82, 2.24) is 5.32 Å². The topological polar surface area (TPSA) is 75.3 Å². The van der Waals surface area contributed by atoms with Crippen LogP contribution in [0.1, 0.15) is 51.9 Å². The number of nitrogens with one attached hydrogen (secondary N) is 1. The number of hydrogen-bond donors (Lipinski definition) is 3. The van der Waals surface area contributed by atoms with E-state index in [4.69, 9.17) is 5.73 Å². The highest BCUT2D eigenvalue weighted by molar-refractivity contribution is 5.79. The highest BCUT2D eigenvalue weighted by Crippen LogP contribution is 2.31. The summed E-state index contributed by atoms with van der Waals surface area (Å²) in [4.78, 5) is 12.0. The first-order valence-corrected chi connectivity index (χ1v) is 7.24. The number of carbonyl (C=O) groups is 1. The molecule has 0 spiro atoms. The number of rotatable bonds is 3. The average molecular weight is 254 g/mol. The van der Waals surface area contributed by atoms with Crippen molar-refractivity contribution in [3.05, 3.63) is 0 Å². The highest BCUT2D eigenvalue weighted by Gasteiger charge is 2.34. The van der Waals surface area contributed by atoms with Gasteiger partial charge in [-0.05, 0) is 50.9 Å². The van der Waals surface area contributed by atoms with Crippen LogP contribution in [0.5, 0.6) is 0 Å². The molecule has 2 aliphatic rings. The van der Waals surface area contributed by atoms with Crippen LogP contribution >= 0.6 is 0 Å². The van der Waals surface area contributed by atoms with Gasteiger partial charge in [0.05, 0.1) is 5.60 Å². The van der Waals surface area contributed by atoms with Crippen molar-refractivity contribution in [2.24, 2.45) is 17.6 Å². The largest absolute Gasteiger partial charge is 0.388 e. The van der Waals surface area contributed by atoms with Crippen molar-refractivity contribution in [2.45, 2.75) is 63.5 Å². The van der Waals surface area contributed by atoms with Crippen LogP contribution in [0, 0.1) is 11.8 Å². The lowest BCUT2D eigenvalue weighted by Gasteiger charge is -2.35. The Balaban J connectivity index is 1.75. The number of hydrogen-bond acceptors (Lipinski definition) is 3. The lowest BCUT2D eigenvalue weighted by molar-refractivity contribution is -0.126. The van der Waals surface area contributed by atoms with Crippen molar-refractivity contribution in [1.29, 1.82) is 0 Å². The zero-order chi connectivity index (χ0) is 13.2. The summed E-state index contributed by atoms with van der Waals surface area (Å²) in [5.41, 5.74) is 5.14. The Kier molecular flexibility index (Phi) is 4.28. The molecule has 2 fully saturated rings. The van der Waals surface area contributed by atoms with Gasteiger partial charge < -0.3 is 16.2 Å². The third-order valence-electron chi connectivity index (χ3n) is 4.64. The second kappa shape index (κ2) is 5.57. The fraction of sp³-hybridized carbons (Fsp3) is 0.929. The summed E-state index contributed by atoms with van der Waals surface area (Å²) in [7, 11) is 0. The Morgan fingerprint density at radius 1 is 1.33 bits per heavy atom.